The molecule has 0 aliphatic rings. The van der Waals surface area contributed by atoms with Crippen molar-refractivity contribution < 1.29 is 4.21 Å². The molecule has 0 fully saturated rings. The number of anilines is 1. The predicted octanol–water partition coefficient (Wildman–Crippen LogP) is 3.46. The van der Waals surface area contributed by atoms with Crippen LogP contribution >= 0.6 is 0 Å². The molecule has 0 aliphatic heterocycles. The fraction of sp³-hybridized carbons (Fsp3) is 0.200. The first-order valence-corrected chi connectivity index (χ1v) is 6.97. The number of aryl methyl sites for hydroxylation is 2. The van der Waals surface area contributed by atoms with Gasteiger partial charge < -0.3 is 0 Å². The normalized spacial score (nSPS) is 12.2. The van der Waals surface area contributed by atoms with Gasteiger partial charge in [0.25, 0.3) is 0 Å². The highest BCUT2D eigenvalue weighted by Gasteiger charge is 2.11. The van der Waals surface area contributed by atoms with E-state index < -0.39 is 11.0 Å². The van der Waals surface area contributed by atoms with Crippen LogP contribution < -0.4 is 4.31 Å². The first-order chi connectivity index (χ1) is 8.58. The van der Waals surface area contributed by atoms with E-state index in [0.29, 0.717) is 0 Å². The SMILES string of the molecule is Cc1ccc(S(=O)N(C)c2cccc(C)c2)cc1. The number of hydrogen-bond donors (Lipinski definition) is 0. The molecular weight excluding hydrogens is 242 g/mol. The predicted molar refractivity (Wildman–Crippen MR) is 77.2 cm³/mol. The van der Waals surface area contributed by atoms with E-state index in [1.54, 1.807) is 4.31 Å². The van der Waals surface area contributed by atoms with Gasteiger partial charge >= 0.3 is 0 Å². The average molecular weight is 259 g/mol. The largest absolute Gasteiger partial charge is 0.291 e. The van der Waals surface area contributed by atoms with E-state index in [2.05, 4.69) is 0 Å². The Labute approximate surface area is 111 Å². The van der Waals surface area contributed by atoms with Crippen molar-refractivity contribution >= 4 is 16.7 Å². The minimum Gasteiger partial charge on any atom is -0.291 e. The second-order valence-corrected chi connectivity index (χ2v) is 5.92. The van der Waals surface area contributed by atoms with Gasteiger partial charge in [0.2, 0.25) is 0 Å². The molecule has 94 valence electrons. The molecule has 0 N–H and O–H groups in total. The van der Waals surface area contributed by atoms with Gasteiger partial charge in [-0.3, -0.25) is 4.31 Å². The fourth-order valence-electron chi connectivity index (χ4n) is 1.73. The molecule has 0 spiro atoms. The van der Waals surface area contributed by atoms with E-state index >= 15 is 0 Å². The van der Waals surface area contributed by atoms with E-state index in [-0.39, 0.29) is 0 Å². The molecule has 2 nitrogen and oxygen atoms in total. The van der Waals surface area contributed by atoms with Gasteiger partial charge in [0, 0.05) is 12.7 Å². The lowest BCUT2D eigenvalue weighted by molar-refractivity contribution is 0.682. The van der Waals surface area contributed by atoms with Crippen molar-refractivity contribution in [3.8, 4) is 0 Å². The van der Waals surface area contributed by atoms with Gasteiger partial charge in [0.15, 0.2) is 11.0 Å². The summed E-state index contributed by atoms with van der Waals surface area (Å²) in [6.07, 6.45) is 0. The molecule has 0 radical (unpaired) electrons. The summed E-state index contributed by atoms with van der Waals surface area (Å²) < 4.78 is 14.2. The number of nitrogens with zero attached hydrogens (tertiary/aromatic N) is 1. The van der Waals surface area contributed by atoms with Crippen molar-refractivity contribution in [3.63, 3.8) is 0 Å². The van der Waals surface area contributed by atoms with Crippen LogP contribution in [-0.4, -0.2) is 11.3 Å². The topological polar surface area (TPSA) is 20.3 Å². The number of hydrogen-bond acceptors (Lipinski definition) is 1. The molecule has 2 aromatic rings. The maximum Gasteiger partial charge on any atom is 0.152 e. The van der Waals surface area contributed by atoms with Crippen LogP contribution in [0.1, 0.15) is 11.1 Å². The second-order valence-electron chi connectivity index (χ2n) is 4.40. The van der Waals surface area contributed by atoms with Crippen molar-refractivity contribution in [1.29, 1.82) is 0 Å². The third-order valence-electron chi connectivity index (χ3n) is 2.84. The van der Waals surface area contributed by atoms with Gasteiger partial charge in [-0.1, -0.05) is 29.8 Å². The molecule has 0 bridgehead atoms. The number of benzene rings is 2. The molecule has 0 saturated carbocycles. The van der Waals surface area contributed by atoms with E-state index in [4.69, 9.17) is 0 Å². The Balaban J connectivity index is 2.26. The zero-order valence-electron chi connectivity index (χ0n) is 10.9. The van der Waals surface area contributed by atoms with Crippen molar-refractivity contribution in [2.75, 3.05) is 11.4 Å². The molecule has 0 heterocycles. The first kappa shape index (κ1) is 12.8. The summed E-state index contributed by atoms with van der Waals surface area (Å²) in [5, 5.41) is 0. The van der Waals surface area contributed by atoms with Gasteiger partial charge in [0.1, 0.15) is 0 Å². The molecule has 0 saturated heterocycles. The lowest BCUT2D eigenvalue weighted by Gasteiger charge is -2.18. The second kappa shape index (κ2) is 5.36. The molecule has 18 heavy (non-hydrogen) atoms. The van der Waals surface area contributed by atoms with Crippen LogP contribution in [0.2, 0.25) is 0 Å². The average Bonchev–Trinajstić information content (AvgIpc) is 2.38. The Morgan fingerprint density at radius 1 is 0.944 bits per heavy atom. The quantitative estimate of drug-likeness (QED) is 0.826. The molecule has 2 rings (SSSR count). The van der Waals surface area contributed by atoms with Crippen LogP contribution in [0.15, 0.2) is 53.4 Å². The van der Waals surface area contributed by atoms with Gasteiger partial charge in [-0.05, 0) is 43.7 Å². The Hall–Kier alpha value is -1.61. The maximum absolute atomic E-state index is 12.4. The van der Waals surface area contributed by atoms with Gasteiger partial charge in [-0.15, -0.1) is 0 Å². The highest BCUT2D eigenvalue weighted by molar-refractivity contribution is 7.86. The van der Waals surface area contributed by atoms with Crippen molar-refractivity contribution in [2.45, 2.75) is 18.7 Å². The van der Waals surface area contributed by atoms with Gasteiger partial charge in [0.05, 0.1) is 4.90 Å². The zero-order valence-corrected chi connectivity index (χ0v) is 11.7. The molecule has 2 aromatic carbocycles. The van der Waals surface area contributed by atoms with Gasteiger partial charge in [-0.25, -0.2) is 4.21 Å². The Morgan fingerprint density at radius 2 is 1.61 bits per heavy atom. The van der Waals surface area contributed by atoms with Crippen LogP contribution in [0, 0.1) is 13.8 Å². The van der Waals surface area contributed by atoms with Crippen molar-refractivity contribution in [2.24, 2.45) is 0 Å². The van der Waals surface area contributed by atoms with E-state index in [0.717, 1.165) is 10.6 Å². The van der Waals surface area contributed by atoms with Crippen LogP contribution in [0.5, 0.6) is 0 Å². The lowest BCUT2D eigenvalue weighted by Crippen LogP contribution is -2.20. The summed E-state index contributed by atoms with van der Waals surface area (Å²) >= 11 is 0. The minimum absolute atomic E-state index is 0.824. The summed E-state index contributed by atoms with van der Waals surface area (Å²) in [5.74, 6) is 0. The molecule has 0 aromatic heterocycles. The van der Waals surface area contributed by atoms with Crippen LogP contribution in [0.25, 0.3) is 0 Å². The highest BCUT2D eigenvalue weighted by atomic mass is 32.2. The van der Waals surface area contributed by atoms with Crippen molar-refractivity contribution in [1.82, 2.24) is 0 Å². The standard InChI is InChI=1S/C15H17NOS/c1-12-7-9-15(10-8-12)18(17)16(3)14-6-4-5-13(2)11-14/h4-11H,1-3H3. The minimum atomic E-state index is -1.16. The Bertz CT molecular complexity index is 563. The third-order valence-corrected chi connectivity index (χ3v) is 4.22. The van der Waals surface area contributed by atoms with E-state index in [9.17, 15) is 4.21 Å². The Kier molecular flexibility index (Phi) is 3.82. The molecule has 1 atom stereocenters. The molecule has 3 heteroatoms. The third kappa shape index (κ3) is 2.79. The smallest absolute Gasteiger partial charge is 0.152 e. The molecule has 0 amide bonds. The molecular formula is C15H17NOS. The van der Waals surface area contributed by atoms with E-state index in [1.165, 1.54) is 11.1 Å². The van der Waals surface area contributed by atoms with E-state index in [1.807, 2.05) is 69.4 Å². The summed E-state index contributed by atoms with van der Waals surface area (Å²) in [6, 6.07) is 15.8. The maximum atomic E-state index is 12.4. The number of rotatable bonds is 3. The zero-order chi connectivity index (χ0) is 13.1. The first-order valence-electron chi connectivity index (χ1n) is 5.87. The Morgan fingerprint density at radius 3 is 2.22 bits per heavy atom. The monoisotopic (exact) mass is 259 g/mol. The van der Waals surface area contributed by atoms with Crippen LogP contribution in [0.3, 0.4) is 0 Å². The van der Waals surface area contributed by atoms with Crippen LogP contribution in [0.4, 0.5) is 5.69 Å². The van der Waals surface area contributed by atoms with Gasteiger partial charge in [-0.2, -0.15) is 0 Å². The highest BCUT2D eigenvalue weighted by Crippen LogP contribution is 2.20. The summed E-state index contributed by atoms with van der Waals surface area (Å²) in [7, 11) is 0.690. The molecule has 0 aliphatic carbocycles. The van der Waals surface area contributed by atoms with Crippen molar-refractivity contribution in [3.05, 3.63) is 59.7 Å². The lowest BCUT2D eigenvalue weighted by atomic mass is 10.2. The fourth-order valence-corrected chi connectivity index (χ4v) is 2.72. The summed E-state index contributed by atoms with van der Waals surface area (Å²) in [6.45, 7) is 4.06. The summed E-state index contributed by atoms with van der Waals surface area (Å²) in [4.78, 5) is 0.824. The molecule has 1 unspecified atom stereocenters. The summed E-state index contributed by atoms with van der Waals surface area (Å²) in [5.41, 5.74) is 3.31. The van der Waals surface area contributed by atoms with Crippen LogP contribution in [-0.2, 0) is 11.0 Å².